The van der Waals surface area contributed by atoms with Gasteiger partial charge in [-0.1, -0.05) is 56.9 Å². The molecule has 7 nitrogen and oxygen atoms in total. The number of carboxylic acids is 2. The molecular weight excluding hydrogens is 468 g/mol. The molecule has 1 fully saturated rings. The van der Waals surface area contributed by atoms with Crippen LogP contribution >= 0.6 is 0 Å². The summed E-state index contributed by atoms with van der Waals surface area (Å²) < 4.78 is 0. The van der Waals surface area contributed by atoms with E-state index in [2.05, 4.69) is 6.92 Å². The lowest BCUT2D eigenvalue weighted by molar-refractivity contribution is -0.151. The standard InChI is InChI=1S/C30H34N2O5/c1-2-3-4-7-27(33)32(20-30(29(36)37)16-5-6-17-30)19-21-8-14-26-24(18-21)13-15-25(31-26)22-9-11-23(12-10-22)28(34)35/h8-15,18H,2-7,16-17,19-20H2,1H3,(H,34,35)(H,36,37). The second-order valence-electron chi connectivity index (χ2n) is 10.1. The first-order valence-corrected chi connectivity index (χ1v) is 13.1. The largest absolute Gasteiger partial charge is 0.481 e. The molecule has 0 bridgehead atoms. The van der Waals surface area contributed by atoms with Crippen LogP contribution in [-0.2, 0) is 16.1 Å². The molecule has 0 atom stereocenters. The Bertz CT molecular complexity index is 1280. The van der Waals surface area contributed by atoms with Gasteiger partial charge >= 0.3 is 11.9 Å². The zero-order valence-corrected chi connectivity index (χ0v) is 21.3. The Hall–Kier alpha value is -3.74. The Labute approximate surface area is 217 Å². The number of hydrogen-bond acceptors (Lipinski definition) is 4. The van der Waals surface area contributed by atoms with E-state index in [4.69, 9.17) is 10.1 Å². The molecule has 7 heteroatoms. The second kappa shape index (κ2) is 11.5. The van der Waals surface area contributed by atoms with Crippen molar-refractivity contribution in [2.75, 3.05) is 6.54 Å². The van der Waals surface area contributed by atoms with E-state index in [0.717, 1.165) is 59.8 Å². The van der Waals surface area contributed by atoms with Crippen LogP contribution in [0, 0.1) is 5.41 Å². The second-order valence-corrected chi connectivity index (χ2v) is 10.1. The van der Waals surface area contributed by atoms with E-state index in [-0.39, 0.29) is 18.0 Å². The van der Waals surface area contributed by atoms with Crippen molar-refractivity contribution in [1.82, 2.24) is 9.88 Å². The first kappa shape index (κ1) is 26.3. The molecule has 0 spiro atoms. The molecule has 1 saturated carbocycles. The van der Waals surface area contributed by atoms with Gasteiger partial charge in [0.2, 0.25) is 5.91 Å². The van der Waals surface area contributed by atoms with Crippen molar-refractivity contribution in [3.8, 4) is 11.3 Å². The summed E-state index contributed by atoms with van der Waals surface area (Å²) in [5.74, 6) is -1.76. The lowest BCUT2D eigenvalue weighted by Crippen LogP contribution is -2.44. The molecule has 3 aromatic rings. The molecular formula is C30H34N2O5. The minimum absolute atomic E-state index is 0.0133. The van der Waals surface area contributed by atoms with Gasteiger partial charge in [-0.3, -0.25) is 9.59 Å². The third-order valence-electron chi connectivity index (χ3n) is 7.41. The van der Waals surface area contributed by atoms with Gasteiger partial charge in [0.25, 0.3) is 0 Å². The van der Waals surface area contributed by atoms with Crippen molar-refractivity contribution in [1.29, 1.82) is 0 Å². The molecule has 0 unspecified atom stereocenters. The van der Waals surface area contributed by atoms with Crippen LogP contribution in [0.4, 0.5) is 0 Å². The van der Waals surface area contributed by atoms with E-state index in [1.807, 2.05) is 30.3 Å². The highest BCUT2D eigenvalue weighted by Gasteiger charge is 2.43. The summed E-state index contributed by atoms with van der Waals surface area (Å²) in [6, 6.07) is 16.4. The minimum atomic E-state index is -0.967. The molecule has 0 radical (unpaired) electrons. The number of benzene rings is 2. The summed E-state index contributed by atoms with van der Waals surface area (Å²) in [6.07, 6.45) is 6.23. The summed E-state index contributed by atoms with van der Waals surface area (Å²) in [5.41, 5.74) is 2.68. The predicted molar refractivity (Wildman–Crippen MR) is 142 cm³/mol. The molecule has 194 valence electrons. The van der Waals surface area contributed by atoms with E-state index < -0.39 is 17.4 Å². The van der Waals surface area contributed by atoms with Crippen LogP contribution < -0.4 is 0 Å². The number of nitrogens with zero attached hydrogens (tertiary/aromatic N) is 2. The SMILES string of the molecule is CCCCCC(=O)N(Cc1ccc2nc(-c3ccc(C(=O)O)cc3)ccc2c1)CC1(C(=O)O)CCCC1. The van der Waals surface area contributed by atoms with Crippen LogP contribution in [0.3, 0.4) is 0 Å². The lowest BCUT2D eigenvalue weighted by atomic mass is 9.85. The van der Waals surface area contributed by atoms with E-state index in [0.29, 0.717) is 25.8 Å². The van der Waals surface area contributed by atoms with Crippen molar-refractivity contribution < 1.29 is 24.6 Å². The molecule has 2 N–H and O–H groups in total. The number of unbranched alkanes of at least 4 members (excludes halogenated alkanes) is 2. The Morgan fingerprint density at radius 2 is 1.68 bits per heavy atom. The average Bonchev–Trinajstić information content (AvgIpc) is 3.38. The third-order valence-corrected chi connectivity index (χ3v) is 7.41. The monoisotopic (exact) mass is 502 g/mol. The summed E-state index contributed by atoms with van der Waals surface area (Å²) in [5, 5.41) is 20.0. The Morgan fingerprint density at radius 1 is 0.946 bits per heavy atom. The number of hydrogen-bond donors (Lipinski definition) is 2. The fourth-order valence-corrected chi connectivity index (χ4v) is 5.21. The summed E-state index contributed by atoms with van der Waals surface area (Å²) >= 11 is 0. The van der Waals surface area contributed by atoms with Crippen LogP contribution in [0.2, 0.25) is 0 Å². The zero-order chi connectivity index (χ0) is 26.4. The zero-order valence-electron chi connectivity index (χ0n) is 21.3. The van der Waals surface area contributed by atoms with Crippen molar-refractivity contribution >= 4 is 28.7 Å². The van der Waals surface area contributed by atoms with E-state index in [9.17, 15) is 19.5 Å². The van der Waals surface area contributed by atoms with Gasteiger partial charge in [0, 0.05) is 30.5 Å². The highest BCUT2D eigenvalue weighted by molar-refractivity contribution is 5.88. The molecule has 1 aromatic heterocycles. The van der Waals surface area contributed by atoms with Gasteiger partial charge in [-0.15, -0.1) is 0 Å². The Kier molecular flexibility index (Phi) is 8.21. The number of aromatic nitrogens is 1. The van der Waals surface area contributed by atoms with Crippen LogP contribution in [0.1, 0.15) is 74.2 Å². The van der Waals surface area contributed by atoms with Crippen molar-refractivity contribution in [2.45, 2.75) is 64.8 Å². The highest BCUT2D eigenvalue weighted by atomic mass is 16.4. The number of carboxylic acid groups (broad SMARTS) is 2. The van der Waals surface area contributed by atoms with Crippen LogP contribution in [0.25, 0.3) is 22.2 Å². The maximum atomic E-state index is 13.2. The summed E-state index contributed by atoms with van der Waals surface area (Å²) in [7, 11) is 0. The molecule has 1 aliphatic rings. The quantitative estimate of drug-likeness (QED) is 0.304. The third kappa shape index (κ3) is 6.16. The van der Waals surface area contributed by atoms with Crippen molar-refractivity contribution in [3.63, 3.8) is 0 Å². The number of carbonyl (C=O) groups is 3. The maximum absolute atomic E-state index is 13.2. The smallest absolute Gasteiger partial charge is 0.335 e. The molecule has 2 aromatic carbocycles. The van der Waals surface area contributed by atoms with Crippen LogP contribution in [0.15, 0.2) is 54.6 Å². The fraction of sp³-hybridized carbons (Fsp3) is 0.400. The Morgan fingerprint density at radius 3 is 2.32 bits per heavy atom. The molecule has 4 rings (SSSR count). The molecule has 1 amide bonds. The van der Waals surface area contributed by atoms with Gasteiger partial charge in [-0.05, 0) is 55.2 Å². The summed E-state index contributed by atoms with van der Waals surface area (Å²) in [4.78, 5) is 43.0. The molecule has 0 saturated heterocycles. The first-order valence-electron chi connectivity index (χ1n) is 13.1. The number of carbonyl (C=O) groups excluding carboxylic acids is 1. The maximum Gasteiger partial charge on any atom is 0.335 e. The number of aliphatic carboxylic acids is 1. The molecule has 1 heterocycles. The van der Waals surface area contributed by atoms with Gasteiger partial charge in [-0.2, -0.15) is 0 Å². The van der Waals surface area contributed by atoms with Gasteiger partial charge in [0.1, 0.15) is 0 Å². The van der Waals surface area contributed by atoms with Crippen molar-refractivity contribution in [3.05, 3.63) is 65.7 Å². The topological polar surface area (TPSA) is 108 Å². The van der Waals surface area contributed by atoms with E-state index >= 15 is 0 Å². The molecule has 0 aliphatic heterocycles. The van der Waals surface area contributed by atoms with Gasteiger partial charge in [0.05, 0.1) is 22.2 Å². The number of amides is 1. The predicted octanol–water partition coefficient (Wildman–Crippen LogP) is 6.15. The highest BCUT2D eigenvalue weighted by Crippen LogP contribution is 2.39. The normalized spacial score (nSPS) is 14.5. The number of rotatable bonds is 11. The molecule has 37 heavy (non-hydrogen) atoms. The minimum Gasteiger partial charge on any atom is -0.481 e. The van der Waals surface area contributed by atoms with Gasteiger partial charge in [-0.25, -0.2) is 9.78 Å². The van der Waals surface area contributed by atoms with E-state index in [1.54, 1.807) is 29.2 Å². The number of aromatic carboxylic acids is 1. The first-order chi connectivity index (χ1) is 17.8. The lowest BCUT2D eigenvalue weighted by Gasteiger charge is -2.32. The number of pyridine rings is 1. The van der Waals surface area contributed by atoms with E-state index in [1.165, 1.54) is 0 Å². The van der Waals surface area contributed by atoms with Crippen molar-refractivity contribution in [2.24, 2.45) is 5.41 Å². The number of fused-ring (bicyclic) bond motifs is 1. The van der Waals surface area contributed by atoms with Crippen LogP contribution in [0.5, 0.6) is 0 Å². The van der Waals surface area contributed by atoms with Crippen LogP contribution in [-0.4, -0.2) is 44.5 Å². The Balaban J connectivity index is 1.56. The van der Waals surface area contributed by atoms with Gasteiger partial charge < -0.3 is 15.1 Å². The summed E-state index contributed by atoms with van der Waals surface area (Å²) in [6.45, 7) is 2.71. The fourth-order valence-electron chi connectivity index (χ4n) is 5.21. The van der Waals surface area contributed by atoms with Gasteiger partial charge in [0.15, 0.2) is 0 Å². The average molecular weight is 503 g/mol. The molecule has 1 aliphatic carbocycles.